The van der Waals surface area contributed by atoms with Crippen molar-refractivity contribution in [2.24, 2.45) is 7.05 Å². The Kier molecular flexibility index (Phi) is 7.07. The lowest BCUT2D eigenvalue weighted by molar-refractivity contribution is -0.132. The summed E-state index contributed by atoms with van der Waals surface area (Å²) in [4.78, 5) is 50.8. The molecule has 1 N–H and O–H groups in total. The van der Waals surface area contributed by atoms with Crippen LogP contribution in [0.25, 0.3) is 28.1 Å². The van der Waals surface area contributed by atoms with Crippen molar-refractivity contribution in [1.29, 1.82) is 0 Å². The molecule has 2 aliphatic heterocycles. The fourth-order valence-corrected chi connectivity index (χ4v) is 5.41. The number of hydrogen-bond donors (Lipinski definition) is 1. The number of piperazine rings is 1. The van der Waals surface area contributed by atoms with E-state index in [9.17, 15) is 14.7 Å². The first kappa shape index (κ1) is 26.1. The number of aliphatic hydroxyl groups is 1. The molecule has 0 bridgehead atoms. The maximum atomic E-state index is 13.7. The van der Waals surface area contributed by atoms with Crippen molar-refractivity contribution in [2.75, 3.05) is 64.0 Å². The van der Waals surface area contributed by atoms with E-state index in [1.54, 1.807) is 21.4 Å². The molecule has 6 rings (SSSR count). The molecule has 0 atom stereocenters. The summed E-state index contributed by atoms with van der Waals surface area (Å²) in [5, 5.41) is 9.75. The van der Waals surface area contributed by atoms with Crippen LogP contribution < -0.4 is 4.90 Å². The maximum Gasteiger partial charge on any atom is 0.290 e. The molecular weight excluding hydrogens is 514 g/mol. The fourth-order valence-electron chi connectivity index (χ4n) is 5.41. The molecule has 2 aliphatic rings. The van der Waals surface area contributed by atoms with Crippen LogP contribution in [-0.2, 0) is 23.0 Å². The molecule has 13 heteroatoms. The highest BCUT2D eigenvalue weighted by atomic mass is 16.5. The van der Waals surface area contributed by atoms with Gasteiger partial charge in [-0.15, -0.1) is 0 Å². The molecule has 5 heterocycles. The van der Waals surface area contributed by atoms with Crippen LogP contribution in [0.5, 0.6) is 0 Å². The lowest BCUT2D eigenvalue weighted by Gasteiger charge is -2.34. The topological polar surface area (TPSA) is 135 Å². The number of carbonyl (C=O) groups is 2. The van der Waals surface area contributed by atoms with E-state index in [1.807, 2.05) is 35.8 Å². The standard InChI is InChI=1S/C27H33N9O4/c1-3-21(38)33-9-11-35(12-10-33)26(39)25-29-22-23(32(25)2)30-27(31-24(22)34-13-16-40-17-14-34)36-19-7-5-4-6-18(19)28-20(36)8-15-37/h4-7,37H,3,8-17H2,1-2H3. The van der Waals surface area contributed by atoms with Gasteiger partial charge in [0.05, 0.1) is 30.9 Å². The summed E-state index contributed by atoms with van der Waals surface area (Å²) in [5.74, 6) is 1.85. The second-order valence-corrected chi connectivity index (χ2v) is 9.97. The SMILES string of the molecule is CCC(=O)N1CCN(C(=O)c2nc3c(N4CCOCC4)nc(-n4c(CCO)nc5ccccc54)nc3n2C)CC1. The average molecular weight is 548 g/mol. The minimum atomic E-state index is -0.201. The number of benzene rings is 1. The first-order valence-corrected chi connectivity index (χ1v) is 13.7. The number of aliphatic hydroxyl groups excluding tert-OH is 1. The Balaban J connectivity index is 1.45. The normalized spacial score (nSPS) is 16.3. The number of fused-ring (bicyclic) bond motifs is 2. The third-order valence-electron chi connectivity index (χ3n) is 7.58. The van der Waals surface area contributed by atoms with Gasteiger partial charge in [0.2, 0.25) is 17.7 Å². The first-order valence-electron chi connectivity index (χ1n) is 13.7. The third-order valence-corrected chi connectivity index (χ3v) is 7.58. The Bertz CT molecular complexity index is 1570. The number of amides is 2. The Morgan fingerprint density at radius 1 is 0.950 bits per heavy atom. The number of hydrogen-bond acceptors (Lipinski definition) is 9. The zero-order valence-electron chi connectivity index (χ0n) is 22.8. The lowest BCUT2D eigenvalue weighted by atomic mass is 10.2. The fraction of sp³-hybridized carbons (Fsp3) is 0.481. The van der Waals surface area contributed by atoms with Crippen LogP contribution in [0.1, 0.15) is 29.8 Å². The summed E-state index contributed by atoms with van der Waals surface area (Å²) in [6, 6.07) is 7.72. The molecule has 210 valence electrons. The van der Waals surface area contributed by atoms with E-state index in [0.717, 1.165) is 11.0 Å². The molecule has 2 amide bonds. The molecule has 0 unspecified atom stereocenters. The van der Waals surface area contributed by atoms with E-state index in [1.165, 1.54) is 0 Å². The van der Waals surface area contributed by atoms with Gasteiger partial charge in [-0.2, -0.15) is 9.97 Å². The van der Waals surface area contributed by atoms with Crippen molar-refractivity contribution in [1.82, 2.24) is 38.9 Å². The van der Waals surface area contributed by atoms with Gasteiger partial charge in [-0.25, -0.2) is 9.97 Å². The number of imidazole rings is 2. The van der Waals surface area contributed by atoms with Gasteiger partial charge in [0, 0.05) is 59.2 Å². The quantitative estimate of drug-likeness (QED) is 0.371. The summed E-state index contributed by atoms with van der Waals surface area (Å²) in [7, 11) is 1.79. The second-order valence-electron chi connectivity index (χ2n) is 9.97. The van der Waals surface area contributed by atoms with Gasteiger partial charge in [-0.05, 0) is 12.1 Å². The maximum absolute atomic E-state index is 13.7. The number of carbonyl (C=O) groups excluding carboxylic acids is 2. The van der Waals surface area contributed by atoms with Crippen LogP contribution in [0.3, 0.4) is 0 Å². The molecule has 0 radical (unpaired) electrons. The molecule has 0 aliphatic carbocycles. The van der Waals surface area contributed by atoms with Crippen LogP contribution in [0, 0.1) is 0 Å². The van der Waals surface area contributed by atoms with Crippen molar-refractivity contribution in [2.45, 2.75) is 19.8 Å². The molecule has 2 saturated heterocycles. The van der Waals surface area contributed by atoms with Gasteiger partial charge in [0.25, 0.3) is 5.91 Å². The van der Waals surface area contributed by atoms with Gasteiger partial charge in [-0.3, -0.25) is 14.2 Å². The largest absolute Gasteiger partial charge is 0.396 e. The van der Waals surface area contributed by atoms with Crippen LogP contribution in [0.2, 0.25) is 0 Å². The van der Waals surface area contributed by atoms with E-state index in [-0.39, 0.29) is 24.2 Å². The van der Waals surface area contributed by atoms with Crippen molar-refractivity contribution in [3.05, 3.63) is 35.9 Å². The number of aromatic nitrogens is 6. The average Bonchev–Trinajstić information content (AvgIpc) is 3.53. The predicted octanol–water partition coefficient (Wildman–Crippen LogP) is 0.768. The molecule has 13 nitrogen and oxygen atoms in total. The summed E-state index contributed by atoms with van der Waals surface area (Å²) in [6.07, 6.45) is 0.793. The molecule has 1 aromatic carbocycles. The van der Waals surface area contributed by atoms with Crippen LogP contribution >= 0.6 is 0 Å². The van der Waals surface area contributed by atoms with Crippen LogP contribution in [-0.4, -0.2) is 115 Å². The van der Waals surface area contributed by atoms with E-state index >= 15 is 0 Å². The number of rotatable bonds is 6. The Labute approximate surface area is 231 Å². The van der Waals surface area contributed by atoms with E-state index in [4.69, 9.17) is 24.7 Å². The summed E-state index contributed by atoms with van der Waals surface area (Å²) in [6.45, 7) is 6.08. The number of aryl methyl sites for hydroxylation is 1. The van der Waals surface area contributed by atoms with Crippen molar-refractivity contribution >= 4 is 39.8 Å². The molecule has 0 saturated carbocycles. The Morgan fingerprint density at radius 3 is 2.40 bits per heavy atom. The van der Waals surface area contributed by atoms with Crippen LogP contribution in [0.15, 0.2) is 24.3 Å². The van der Waals surface area contributed by atoms with Gasteiger partial charge in [0.1, 0.15) is 5.82 Å². The third kappa shape index (κ3) is 4.54. The van der Waals surface area contributed by atoms with Gasteiger partial charge in [0.15, 0.2) is 17.0 Å². The number of anilines is 1. The molecule has 0 spiro atoms. The number of ether oxygens (including phenoxy) is 1. The zero-order valence-corrected chi connectivity index (χ0v) is 22.8. The van der Waals surface area contributed by atoms with E-state index in [0.29, 0.717) is 94.1 Å². The summed E-state index contributed by atoms with van der Waals surface area (Å²) >= 11 is 0. The van der Waals surface area contributed by atoms with Crippen LogP contribution in [0.4, 0.5) is 5.82 Å². The van der Waals surface area contributed by atoms with Gasteiger partial charge in [-0.1, -0.05) is 19.1 Å². The molecular formula is C27H33N9O4. The Hall–Kier alpha value is -4.10. The summed E-state index contributed by atoms with van der Waals surface area (Å²) < 4.78 is 9.17. The molecule has 40 heavy (non-hydrogen) atoms. The highest BCUT2D eigenvalue weighted by Gasteiger charge is 2.30. The highest BCUT2D eigenvalue weighted by Crippen LogP contribution is 2.29. The van der Waals surface area contributed by atoms with Crippen molar-refractivity contribution < 1.29 is 19.4 Å². The number of para-hydroxylation sites is 2. The summed E-state index contributed by atoms with van der Waals surface area (Å²) in [5.41, 5.74) is 2.69. The van der Waals surface area contributed by atoms with Crippen molar-refractivity contribution in [3.8, 4) is 5.95 Å². The minimum absolute atomic E-state index is 0.0661. The molecule has 4 aromatic rings. The number of nitrogens with zero attached hydrogens (tertiary/aromatic N) is 9. The predicted molar refractivity (Wildman–Crippen MR) is 148 cm³/mol. The molecule has 2 fully saturated rings. The smallest absolute Gasteiger partial charge is 0.290 e. The van der Waals surface area contributed by atoms with Gasteiger partial charge >= 0.3 is 0 Å². The van der Waals surface area contributed by atoms with E-state index in [2.05, 4.69) is 4.90 Å². The Morgan fingerprint density at radius 2 is 1.68 bits per heavy atom. The van der Waals surface area contributed by atoms with Crippen molar-refractivity contribution in [3.63, 3.8) is 0 Å². The highest BCUT2D eigenvalue weighted by molar-refractivity contribution is 5.97. The second kappa shape index (κ2) is 10.8. The van der Waals surface area contributed by atoms with E-state index < -0.39 is 0 Å². The first-order chi connectivity index (χ1) is 19.5. The van der Waals surface area contributed by atoms with Gasteiger partial charge < -0.3 is 29.1 Å². The zero-order chi connectivity index (χ0) is 27.8. The minimum Gasteiger partial charge on any atom is -0.396 e. The lowest BCUT2D eigenvalue weighted by Crippen LogP contribution is -2.50. The number of morpholine rings is 1. The molecule has 3 aromatic heterocycles. The monoisotopic (exact) mass is 547 g/mol.